The topological polar surface area (TPSA) is 83.1 Å². The van der Waals surface area contributed by atoms with Crippen molar-refractivity contribution in [1.29, 1.82) is 0 Å². The first-order chi connectivity index (χ1) is 11.7. The number of carbonyl (C=O) groups excluding carboxylic acids is 1. The lowest BCUT2D eigenvalue weighted by molar-refractivity contribution is -0.124. The normalized spacial score (nSPS) is 18.5. The van der Waals surface area contributed by atoms with Crippen LogP contribution in [-0.2, 0) is 16.0 Å². The van der Waals surface area contributed by atoms with Crippen molar-refractivity contribution in [2.24, 2.45) is 0 Å². The zero-order chi connectivity index (χ0) is 16.8. The Hall–Kier alpha value is -2.25. The number of aromatic nitrogens is 3. The summed E-state index contributed by atoms with van der Waals surface area (Å²) in [5.74, 6) is 1.46. The van der Waals surface area contributed by atoms with E-state index >= 15 is 0 Å². The molecule has 1 aliphatic rings. The van der Waals surface area contributed by atoms with Gasteiger partial charge in [0.15, 0.2) is 5.82 Å². The fourth-order valence-corrected chi connectivity index (χ4v) is 2.76. The molecule has 1 amide bonds. The van der Waals surface area contributed by atoms with E-state index < -0.39 is 0 Å². The summed E-state index contributed by atoms with van der Waals surface area (Å²) >= 11 is 0. The van der Waals surface area contributed by atoms with Crippen LogP contribution in [0.5, 0.6) is 0 Å². The third kappa shape index (κ3) is 4.62. The number of rotatable bonds is 6. The Labute approximate surface area is 141 Å². The highest BCUT2D eigenvalue weighted by atomic mass is 16.5. The number of ether oxygens (including phenoxy) is 1. The van der Waals surface area contributed by atoms with E-state index in [9.17, 15) is 4.79 Å². The minimum atomic E-state index is -0.180. The molecule has 0 bridgehead atoms. The van der Waals surface area contributed by atoms with Gasteiger partial charge in [-0.05, 0) is 18.9 Å². The highest BCUT2D eigenvalue weighted by molar-refractivity contribution is 5.78. The maximum absolute atomic E-state index is 12.1. The van der Waals surface area contributed by atoms with Gasteiger partial charge in [-0.15, -0.1) is 0 Å². The molecule has 2 heterocycles. The van der Waals surface area contributed by atoms with Gasteiger partial charge in [-0.1, -0.05) is 30.3 Å². The summed E-state index contributed by atoms with van der Waals surface area (Å²) in [6.45, 7) is 4.83. The largest absolute Gasteiger partial charge is 0.367 e. The molecule has 1 aromatic carbocycles. The second-order valence-electron chi connectivity index (χ2n) is 5.96. The first kappa shape index (κ1) is 16.6. The quantitative estimate of drug-likeness (QED) is 0.821. The first-order valence-corrected chi connectivity index (χ1v) is 8.24. The molecule has 128 valence electrons. The molecule has 0 aliphatic carbocycles. The van der Waals surface area contributed by atoms with Gasteiger partial charge in [-0.3, -0.25) is 14.8 Å². The Morgan fingerprint density at radius 2 is 2.25 bits per heavy atom. The molecule has 0 unspecified atom stereocenters. The molecular weight excluding hydrogens is 306 g/mol. The molecule has 2 N–H and O–H groups in total. The molecule has 24 heavy (non-hydrogen) atoms. The van der Waals surface area contributed by atoms with E-state index in [0.717, 1.165) is 18.8 Å². The number of nitrogens with one attached hydrogen (secondary N) is 2. The fraction of sp³-hybridized carbons (Fsp3) is 0.471. The zero-order valence-electron chi connectivity index (χ0n) is 13.9. The summed E-state index contributed by atoms with van der Waals surface area (Å²) in [6.07, 6.45) is 0.662. The van der Waals surface area contributed by atoms with Crippen LogP contribution in [0.2, 0.25) is 0 Å². The van der Waals surface area contributed by atoms with E-state index in [0.29, 0.717) is 32.1 Å². The van der Waals surface area contributed by atoms with Crippen molar-refractivity contribution < 1.29 is 9.53 Å². The SMILES string of the molecule is Cc1nc([C@H]2CN(CC(=O)NCCc3ccccc3)CCO2)n[nH]1. The number of hydrogen-bond donors (Lipinski definition) is 2. The van der Waals surface area contributed by atoms with Gasteiger partial charge in [0.25, 0.3) is 0 Å². The zero-order valence-corrected chi connectivity index (χ0v) is 13.9. The number of aromatic amines is 1. The maximum atomic E-state index is 12.1. The van der Waals surface area contributed by atoms with Gasteiger partial charge in [0.05, 0.1) is 13.2 Å². The summed E-state index contributed by atoms with van der Waals surface area (Å²) in [6, 6.07) is 10.1. The summed E-state index contributed by atoms with van der Waals surface area (Å²) in [5.41, 5.74) is 1.23. The lowest BCUT2D eigenvalue weighted by Crippen LogP contribution is -2.44. The van der Waals surface area contributed by atoms with E-state index in [-0.39, 0.29) is 12.0 Å². The lowest BCUT2D eigenvalue weighted by atomic mass is 10.1. The van der Waals surface area contributed by atoms with Crippen LogP contribution >= 0.6 is 0 Å². The number of H-pyrrole nitrogens is 1. The Morgan fingerprint density at radius 1 is 1.42 bits per heavy atom. The molecule has 7 nitrogen and oxygen atoms in total. The highest BCUT2D eigenvalue weighted by Crippen LogP contribution is 2.18. The Kier molecular flexibility index (Phi) is 5.55. The molecule has 1 saturated heterocycles. The summed E-state index contributed by atoms with van der Waals surface area (Å²) in [7, 11) is 0. The second-order valence-corrected chi connectivity index (χ2v) is 5.96. The van der Waals surface area contributed by atoms with Gasteiger partial charge in [0.2, 0.25) is 5.91 Å². The highest BCUT2D eigenvalue weighted by Gasteiger charge is 2.26. The Balaban J connectivity index is 1.42. The van der Waals surface area contributed by atoms with Crippen LogP contribution in [-0.4, -0.2) is 58.8 Å². The molecule has 0 saturated carbocycles. The average molecular weight is 329 g/mol. The number of morpholine rings is 1. The van der Waals surface area contributed by atoms with E-state index in [2.05, 4.69) is 37.5 Å². The molecule has 7 heteroatoms. The minimum Gasteiger partial charge on any atom is -0.367 e. The molecule has 3 rings (SSSR count). The number of hydrogen-bond acceptors (Lipinski definition) is 5. The van der Waals surface area contributed by atoms with Crippen molar-refractivity contribution in [2.45, 2.75) is 19.4 Å². The summed E-state index contributed by atoms with van der Waals surface area (Å²) in [5, 5.41) is 9.95. The van der Waals surface area contributed by atoms with Gasteiger partial charge < -0.3 is 10.1 Å². The molecule has 0 radical (unpaired) electrons. The van der Waals surface area contributed by atoms with Crippen molar-refractivity contribution in [1.82, 2.24) is 25.4 Å². The van der Waals surface area contributed by atoms with Crippen LogP contribution in [0.25, 0.3) is 0 Å². The van der Waals surface area contributed by atoms with Gasteiger partial charge in [-0.25, -0.2) is 4.98 Å². The van der Waals surface area contributed by atoms with Gasteiger partial charge in [-0.2, -0.15) is 5.10 Å². The molecule has 1 aromatic heterocycles. The van der Waals surface area contributed by atoms with Crippen molar-refractivity contribution >= 4 is 5.91 Å². The van der Waals surface area contributed by atoms with Gasteiger partial charge in [0, 0.05) is 19.6 Å². The van der Waals surface area contributed by atoms with Crippen LogP contribution < -0.4 is 5.32 Å². The number of amides is 1. The van der Waals surface area contributed by atoms with Crippen LogP contribution in [0, 0.1) is 6.92 Å². The smallest absolute Gasteiger partial charge is 0.234 e. The standard InChI is InChI=1S/C17H23N5O2/c1-13-19-17(21-20-13)15-11-22(9-10-24-15)12-16(23)18-8-7-14-5-3-2-4-6-14/h2-6,15H,7-12H2,1H3,(H,18,23)(H,19,20,21)/t15-/m1/s1. The number of nitrogens with zero attached hydrogens (tertiary/aromatic N) is 3. The summed E-state index contributed by atoms with van der Waals surface area (Å²) < 4.78 is 5.71. The predicted octanol–water partition coefficient (Wildman–Crippen LogP) is 0.845. The summed E-state index contributed by atoms with van der Waals surface area (Å²) in [4.78, 5) is 18.5. The molecular formula is C17H23N5O2. The van der Waals surface area contributed by atoms with E-state index in [1.165, 1.54) is 5.56 Å². The molecule has 1 fully saturated rings. The van der Waals surface area contributed by atoms with Crippen LogP contribution in [0.4, 0.5) is 0 Å². The minimum absolute atomic E-state index is 0.0396. The number of benzene rings is 1. The number of carbonyl (C=O) groups is 1. The Morgan fingerprint density at radius 3 is 3.00 bits per heavy atom. The average Bonchev–Trinajstić information content (AvgIpc) is 3.03. The second kappa shape index (κ2) is 8.03. The fourth-order valence-electron chi connectivity index (χ4n) is 2.76. The Bertz CT molecular complexity index is 658. The third-order valence-electron chi connectivity index (χ3n) is 4.00. The van der Waals surface area contributed by atoms with E-state index in [1.54, 1.807) is 0 Å². The predicted molar refractivity (Wildman–Crippen MR) is 89.4 cm³/mol. The van der Waals surface area contributed by atoms with Crippen LogP contribution in [0.1, 0.15) is 23.3 Å². The lowest BCUT2D eigenvalue weighted by Gasteiger charge is -2.30. The molecule has 2 aromatic rings. The number of aryl methyl sites for hydroxylation is 1. The van der Waals surface area contributed by atoms with Gasteiger partial charge in [0.1, 0.15) is 11.9 Å². The van der Waals surface area contributed by atoms with Crippen LogP contribution in [0.3, 0.4) is 0 Å². The van der Waals surface area contributed by atoms with Crippen molar-refractivity contribution in [3.05, 3.63) is 47.5 Å². The molecule has 0 spiro atoms. The monoisotopic (exact) mass is 329 g/mol. The first-order valence-electron chi connectivity index (χ1n) is 8.24. The molecule has 1 atom stereocenters. The van der Waals surface area contributed by atoms with E-state index in [1.807, 2.05) is 25.1 Å². The third-order valence-corrected chi connectivity index (χ3v) is 4.00. The van der Waals surface area contributed by atoms with Crippen molar-refractivity contribution in [3.8, 4) is 0 Å². The maximum Gasteiger partial charge on any atom is 0.234 e. The van der Waals surface area contributed by atoms with E-state index in [4.69, 9.17) is 4.74 Å². The van der Waals surface area contributed by atoms with Crippen molar-refractivity contribution in [3.63, 3.8) is 0 Å². The van der Waals surface area contributed by atoms with Crippen molar-refractivity contribution in [2.75, 3.05) is 32.8 Å². The van der Waals surface area contributed by atoms with Gasteiger partial charge >= 0.3 is 0 Å². The van der Waals surface area contributed by atoms with Crippen LogP contribution in [0.15, 0.2) is 30.3 Å². The molecule has 1 aliphatic heterocycles.